The third-order valence-electron chi connectivity index (χ3n) is 2.65. The number of carbonyl (C=O) groups excluding carboxylic acids is 1. The van der Waals surface area contributed by atoms with Crippen molar-refractivity contribution in [1.82, 2.24) is 15.5 Å². The van der Waals surface area contributed by atoms with Crippen molar-refractivity contribution in [3.63, 3.8) is 0 Å². The molecular formula is C12H25N3O2. The lowest BCUT2D eigenvalue weighted by molar-refractivity contribution is 0.0299. The summed E-state index contributed by atoms with van der Waals surface area (Å²) in [6, 6.07) is 0.544. The van der Waals surface area contributed by atoms with Gasteiger partial charge in [-0.25, -0.2) is 4.79 Å². The molecule has 0 aromatic rings. The Labute approximate surface area is 104 Å². The van der Waals surface area contributed by atoms with Crippen LogP contribution in [0, 0.1) is 0 Å². The fourth-order valence-corrected chi connectivity index (χ4v) is 1.70. The zero-order valence-corrected chi connectivity index (χ0v) is 11.4. The van der Waals surface area contributed by atoms with Crippen molar-refractivity contribution in [2.75, 3.05) is 33.2 Å². The Morgan fingerprint density at radius 3 is 2.76 bits per heavy atom. The van der Waals surface area contributed by atoms with Gasteiger partial charge in [0.15, 0.2) is 0 Å². The molecule has 1 aliphatic rings. The van der Waals surface area contributed by atoms with Crippen molar-refractivity contribution in [1.29, 1.82) is 0 Å². The Morgan fingerprint density at radius 2 is 2.24 bits per heavy atom. The SMILES string of the molecule is CN(CCNC1CCNC1)C(=O)OC(C)(C)C. The van der Waals surface area contributed by atoms with Crippen LogP contribution in [0.1, 0.15) is 27.2 Å². The minimum atomic E-state index is -0.422. The molecule has 1 fully saturated rings. The quantitative estimate of drug-likeness (QED) is 0.767. The van der Waals surface area contributed by atoms with Gasteiger partial charge in [-0.2, -0.15) is 0 Å². The molecule has 0 aliphatic carbocycles. The van der Waals surface area contributed by atoms with Gasteiger partial charge in [0.25, 0.3) is 0 Å². The summed E-state index contributed by atoms with van der Waals surface area (Å²) in [6.45, 7) is 9.22. The van der Waals surface area contributed by atoms with Gasteiger partial charge in [0.05, 0.1) is 0 Å². The van der Waals surface area contributed by atoms with E-state index in [0.717, 1.165) is 26.1 Å². The van der Waals surface area contributed by atoms with E-state index < -0.39 is 5.60 Å². The summed E-state index contributed by atoms with van der Waals surface area (Å²) in [5.41, 5.74) is -0.422. The average molecular weight is 243 g/mol. The van der Waals surface area contributed by atoms with E-state index in [0.29, 0.717) is 12.6 Å². The Balaban J connectivity index is 2.15. The largest absolute Gasteiger partial charge is 0.444 e. The van der Waals surface area contributed by atoms with Gasteiger partial charge in [-0.05, 0) is 33.7 Å². The fourth-order valence-electron chi connectivity index (χ4n) is 1.70. The molecule has 1 amide bonds. The lowest BCUT2D eigenvalue weighted by Crippen LogP contribution is -2.40. The molecule has 1 rings (SSSR count). The van der Waals surface area contributed by atoms with E-state index in [2.05, 4.69) is 10.6 Å². The fraction of sp³-hybridized carbons (Fsp3) is 0.917. The van der Waals surface area contributed by atoms with Crippen LogP contribution < -0.4 is 10.6 Å². The molecule has 17 heavy (non-hydrogen) atoms. The normalized spacial score (nSPS) is 20.4. The zero-order chi connectivity index (χ0) is 12.9. The van der Waals surface area contributed by atoms with Crippen LogP contribution in [0.3, 0.4) is 0 Å². The van der Waals surface area contributed by atoms with Crippen LogP contribution in [-0.4, -0.2) is 55.9 Å². The molecule has 2 N–H and O–H groups in total. The maximum absolute atomic E-state index is 11.6. The average Bonchev–Trinajstić information content (AvgIpc) is 2.67. The first kappa shape index (κ1) is 14.3. The second-order valence-electron chi connectivity index (χ2n) is 5.55. The predicted octanol–water partition coefficient (Wildman–Crippen LogP) is 0.805. The maximum atomic E-state index is 11.6. The number of ether oxygens (including phenoxy) is 1. The van der Waals surface area contributed by atoms with Gasteiger partial charge in [-0.1, -0.05) is 0 Å². The smallest absolute Gasteiger partial charge is 0.410 e. The second-order valence-corrected chi connectivity index (χ2v) is 5.55. The van der Waals surface area contributed by atoms with Crippen LogP contribution in [0.2, 0.25) is 0 Å². The summed E-state index contributed by atoms with van der Waals surface area (Å²) in [7, 11) is 1.77. The van der Waals surface area contributed by atoms with Crippen molar-refractivity contribution >= 4 is 6.09 Å². The molecule has 0 aromatic carbocycles. The van der Waals surface area contributed by atoms with E-state index in [9.17, 15) is 4.79 Å². The van der Waals surface area contributed by atoms with Crippen molar-refractivity contribution in [2.24, 2.45) is 0 Å². The van der Waals surface area contributed by atoms with Crippen LogP contribution in [0.15, 0.2) is 0 Å². The molecule has 0 saturated carbocycles. The Bertz CT molecular complexity index is 245. The number of likely N-dealkylation sites (N-methyl/N-ethyl adjacent to an activating group) is 1. The van der Waals surface area contributed by atoms with Gasteiger partial charge in [-0.3, -0.25) is 0 Å². The highest BCUT2D eigenvalue weighted by Crippen LogP contribution is 2.08. The summed E-state index contributed by atoms with van der Waals surface area (Å²) >= 11 is 0. The van der Waals surface area contributed by atoms with Crippen molar-refractivity contribution in [2.45, 2.75) is 38.8 Å². The summed E-state index contributed by atoms with van der Waals surface area (Å²) in [5.74, 6) is 0. The Kier molecular flexibility index (Phi) is 5.21. The van der Waals surface area contributed by atoms with Gasteiger partial charge in [-0.15, -0.1) is 0 Å². The van der Waals surface area contributed by atoms with Gasteiger partial charge >= 0.3 is 6.09 Å². The van der Waals surface area contributed by atoms with Crippen molar-refractivity contribution in [3.05, 3.63) is 0 Å². The lowest BCUT2D eigenvalue weighted by Gasteiger charge is -2.25. The zero-order valence-electron chi connectivity index (χ0n) is 11.4. The standard InChI is InChI=1S/C12H25N3O2/c1-12(2,3)17-11(16)15(4)8-7-14-10-5-6-13-9-10/h10,13-14H,5-9H2,1-4H3. The number of hydrogen-bond donors (Lipinski definition) is 2. The van der Waals surface area contributed by atoms with E-state index in [1.807, 2.05) is 20.8 Å². The minimum Gasteiger partial charge on any atom is -0.444 e. The number of nitrogens with one attached hydrogen (secondary N) is 2. The van der Waals surface area contributed by atoms with Crippen molar-refractivity contribution < 1.29 is 9.53 Å². The molecule has 1 unspecified atom stereocenters. The van der Waals surface area contributed by atoms with Crippen LogP contribution >= 0.6 is 0 Å². The van der Waals surface area contributed by atoms with Crippen LogP contribution in [-0.2, 0) is 4.74 Å². The topological polar surface area (TPSA) is 53.6 Å². The minimum absolute atomic E-state index is 0.260. The van der Waals surface area contributed by atoms with E-state index >= 15 is 0 Å². The van der Waals surface area contributed by atoms with Crippen molar-refractivity contribution in [3.8, 4) is 0 Å². The molecule has 1 atom stereocenters. The highest BCUT2D eigenvalue weighted by molar-refractivity contribution is 5.67. The first-order valence-corrected chi connectivity index (χ1v) is 6.27. The number of hydrogen-bond acceptors (Lipinski definition) is 4. The molecule has 1 heterocycles. The lowest BCUT2D eigenvalue weighted by atomic mass is 10.2. The predicted molar refractivity (Wildman–Crippen MR) is 68.1 cm³/mol. The van der Waals surface area contributed by atoms with Crippen LogP contribution in [0.5, 0.6) is 0 Å². The number of nitrogens with zero attached hydrogens (tertiary/aromatic N) is 1. The molecule has 5 nitrogen and oxygen atoms in total. The molecule has 1 saturated heterocycles. The summed E-state index contributed by atoms with van der Waals surface area (Å²) in [6.07, 6.45) is 0.903. The van der Waals surface area contributed by atoms with E-state index in [1.54, 1.807) is 11.9 Å². The summed E-state index contributed by atoms with van der Waals surface area (Å²) < 4.78 is 5.27. The van der Waals surface area contributed by atoms with Gasteiger partial charge in [0, 0.05) is 32.7 Å². The van der Waals surface area contributed by atoms with Gasteiger partial charge in [0.1, 0.15) is 5.60 Å². The summed E-state index contributed by atoms with van der Waals surface area (Å²) in [4.78, 5) is 13.3. The monoisotopic (exact) mass is 243 g/mol. The third kappa shape index (κ3) is 5.89. The third-order valence-corrected chi connectivity index (χ3v) is 2.65. The van der Waals surface area contributed by atoms with Gasteiger partial charge in [0.2, 0.25) is 0 Å². The molecule has 1 aliphatic heterocycles. The van der Waals surface area contributed by atoms with Gasteiger partial charge < -0.3 is 20.3 Å². The molecule has 0 radical (unpaired) electrons. The number of rotatable bonds is 4. The Hall–Kier alpha value is -0.810. The molecular weight excluding hydrogens is 218 g/mol. The highest BCUT2D eigenvalue weighted by atomic mass is 16.6. The highest BCUT2D eigenvalue weighted by Gasteiger charge is 2.19. The second kappa shape index (κ2) is 6.21. The number of amides is 1. The number of carbonyl (C=O) groups is 1. The van der Waals surface area contributed by atoms with E-state index in [-0.39, 0.29) is 6.09 Å². The summed E-state index contributed by atoms with van der Waals surface area (Å²) in [5, 5.41) is 6.71. The molecule has 0 bridgehead atoms. The first-order chi connectivity index (χ1) is 7.88. The maximum Gasteiger partial charge on any atom is 0.410 e. The molecule has 0 spiro atoms. The molecule has 5 heteroatoms. The van der Waals surface area contributed by atoms with Crippen LogP contribution in [0.25, 0.3) is 0 Å². The molecule has 0 aromatic heterocycles. The molecule has 100 valence electrons. The Morgan fingerprint density at radius 1 is 1.53 bits per heavy atom. The first-order valence-electron chi connectivity index (χ1n) is 6.27. The van der Waals surface area contributed by atoms with Crippen LogP contribution in [0.4, 0.5) is 4.79 Å². The van der Waals surface area contributed by atoms with E-state index in [1.165, 1.54) is 0 Å². The van der Waals surface area contributed by atoms with E-state index in [4.69, 9.17) is 4.74 Å².